The minimum absolute atomic E-state index is 0.879. The summed E-state index contributed by atoms with van der Waals surface area (Å²) in [4.78, 5) is 2.44. The zero-order valence-electron chi connectivity index (χ0n) is 29.4. The van der Waals surface area contributed by atoms with Crippen LogP contribution >= 0.6 is 0 Å². The van der Waals surface area contributed by atoms with Crippen molar-refractivity contribution in [3.63, 3.8) is 0 Å². The van der Waals surface area contributed by atoms with E-state index in [1.807, 2.05) is 12.1 Å². The first kappa shape index (κ1) is 30.5. The number of nitrogens with zero attached hydrogens (tertiary/aromatic N) is 1. The molecule has 0 bridgehead atoms. The molecule has 0 aliphatic rings. The lowest BCUT2D eigenvalue weighted by molar-refractivity contribution is 0.669. The molecule has 0 amide bonds. The Bertz CT molecular complexity index is 3240. The Morgan fingerprint density at radius 2 is 0.889 bits per heavy atom. The Morgan fingerprint density at radius 3 is 1.70 bits per heavy atom. The molecule has 54 heavy (non-hydrogen) atoms. The Balaban J connectivity index is 1.22. The topological polar surface area (TPSA) is 16.4 Å². The third-order valence-corrected chi connectivity index (χ3v) is 11.0. The summed E-state index contributed by atoms with van der Waals surface area (Å²) in [6.45, 7) is 0. The number of fused-ring (bicyclic) bond motifs is 8. The van der Waals surface area contributed by atoms with Crippen molar-refractivity contribution in [2.45, 2.75) is 0 Å². The van der Waals surface area contributed by atoms with Crippen LogP contribution in [0.15, 0.2) is 205 Å². The van der Waals surface area contributed by atoms with Crippen molar-refractivity contribution >= 4 is 82.1 Å². The quantitative estimate of drug-likeness (QED) is 0.168. The van der Waals surface area contributed by atoms with Gasteiger partial charge < -0.3 is 9.32 Å². The third kappa shape index (κ3) is 4.96. The molecule has 0 N–H and O–H groups in total. The molecule has 11 rings (SSSR count). The van der Waals surface area contributed by atoms with Gasteiger partial charge in [0.05, 0.1) is 5.69 Å². The maximum absolute atomic E-state index is 6.32. The van der Waals surface area contributed by atoms with Crippen LogP contribution in [0.25, 0.3) is 87.3 Å². The molecule has 0 saturated heterocycles. The van der Waals surface area contributed by atoms with Crippen molar-refractivity contribution < 1.29 is 4.42 Å². The predicted molar refractivity (Wildman–Crippen MR) is 229 cm³/mol. The number of hydrogen-bond acceptors (Lipinski definition) is 2. The lowest BCUT2D eigenvalue weighted by atomic mass is 9.90. The van der Waals surface area contributed by atoms with E-state index in [0.29, 0.717) is 0 Å². The molecule has 0 aliphatic carbocycles. The Hall–Kier alpha value is -7.16. The fraction of sp³-hybridized carbons (Fsp3) is 0. The molecule has 0 saturated carbocycles. The fourth-order valence-corrected chi connectivity index (χ4v) is 8.39. The van der Waals surface area contributed by atoms with E-state index in [0.717, 1.165) is 39.0 Å². The summed E-state index contributed by atoms with van der Waals surface area (Å²) in [5, 5.41) is 12.0. The molecule has 1 aromatic heterocycles. The third-order valence-electron chi connectivity index (χ3n) is 11.0. The van der Waals surface area contributed by atoms with Crippen LogP contribution in [0.2, 0.25) is 0 Å². The molecule has 2 heteroatoms. The lowest BCUT2D eigenvalue weighted by Crippen LogP contribution is -2.12. The highest BCUT2D eigenvalue weighted by atomic mass is 16.3. The van der Waals surface area contributed by atoms with E-state index in [-0.39, 0.29) is 0 Å². The van der Waals surface area contributed by atoms with E-state index in [1.165, 1.54) is 65.3 Å². The van der Waals surface area contributed by atoms with Gasteiger partial charge in [0.25, 0.3) is 0 Å². The second-order valence-corrected chi connectivity index (χ2v) is 14.1. The number of rotatable bonds is 5. The molecule has 252 valence electrons. The molecule has 10 aromatic carbocycles. The number of anilines is 3. The van der Waals surface area contributed by atoms with Gasteiger partial charge in [-0.1, -0.05) is 146 Å². The van der Waals surface area contributed by atoms with Gasteiger partial charge >= 0.3 is 0 Å². The second kappa shape index (κ2) is 12.2. The van der Waals surface area contributed by atoms with Crippen molar-refractivity contribution in [2.75, 3.05) is 4.90 Å². The summed E-state index contributed by atoms with van der Waals surface area (Å²) in [6.07, 6.45) is 0. The van der Waals surface area contributed by atoms with Crippen molar-refractivity contribution in [3.8, 4) is 22.3 Å². The average Bonchev–Trinajstić information content (AvgIpc) is 3.61. The Labute approximate surface area is 312 Å². The minimum atomic E-state index is 0.879. The normalized spacial score (nSPS) is 11.7. The molecule has 0 atom stereocenters. The van der Waals surface area contributed by atoms with Gasteiger partial charge in [-0.25, -0.2) is 0 Å². The largest absolute Gasteiger partial charge is 0.456 e. The molecule has 0 fully saturated rings. The van der Waals surface area contributed by atoms with Gasteiger partial charge in [-0.05, 0) is 114 Å². The maximum atomic E-state index is 6.32. The molecular formula is C52H33NO. The van der Waals surface area contributed by atoms with Crippen molar-refractivity contribution in [2.24, 2.45) is 0 Å². The fourth-order valence-electron chi connectivity index (χ4n) is 8.39. The predicted octanol–water partition coefficient (Wildman–Crippen LogP) is 15.0. The monoisotopic (exact) mass is 687 g/mol. The second-order valence-electron chi connectivity index (χ2n) is 14.1. The van der Waals surface area contributed by atoms with Crippen LogP contribution in [0.1, 0.15) is 0 Å². The van der Waals surface area contributed by atoms with E-state index in [1.54, 1.807) is 0 Å². The number of benzene rings is 10. The highest BCUT2D eigenvalue weighted by molar-refractivity contribution is 6.10. The van der Waals surface area contributed by atoms with Crippen LogP contribution in [0.5, 0.6) is 0 Å². The van der Waals surface area contributed by atoms with Crippen molar-refractivity contribution in [1.82, 2.24) is 0 Å². The van der Waals surface area contributed by atoms with Crippen LogP contribution in [0.3, 0.4) is 0 Å². The van der Waals surface area contributed by atoms with E-state index < -0.39 is 0 Å². The molecule has 11 aromatic rings. The summed E-state index contributed by atoms with van der Waals surface area (Å²) in [6, 6.07) is 72.6. The van der Waals surface area contributed by atoms with E-state index >= 15 is 0 Å². The van der Waals surface area contributed by atoms with Crippen LogP contribution in [-0.4, -0.2) is 0 Å². The van der Waals surface area contributed by atoms with Gasteiger partial charge in [-0.2, -0.15) is 0 Å². The van der Waals surface area contributed by atoms with Gasteiger partial charge in [0.15, 0.2) is 0 Å². The SMILES string of the molecule is c1cc(-c2ccc3ccccc3c2)c(-c2ccc3ccccc3c2)c(N(c2ccc3c(ccc4ccccc43)c2)c2ccc3oc4ccccc4c3c2)c1. The van der Waals surface area contributed by atoms with Gasteiger partial charge in [0.1, 0.15) is 11.2 Å². The number of hydrogen-bond donors (Lipinski definition) is 0. The van der Waals surface area contributed by atoms with E-state index in [4.69, 9.17) is 4.42 Å². The van der Waals surface area contributed by atoms with Gasteiger partial charge in [0.2, 0.25) is 0 Å². The number of furan rings is 1. The standard InChI is InChI=1S/C52H33NO/c1-3-13-37-30-39(23-20-34(37)10-1)46-17-9-18-49(52(46)41-25-21-35-11-2-4-14-38(35)31-41)53(43-27-29-51-48(33-43)47-16-7-8-19-50(47)54-51)42-26-28-45-40(32-42)24-22-36-12-5-6-15-44(36)45/h1-33H. The van der Waals surface area contributed by atoms with Crippen molar-refractivity contribution in [3.05, 3.63) is 200 Å². The first-order valence-corrected chi connectivity index (χ1v) is 18.5. The molecule has 0 spiro atoms. The van der Waals surface area contributed by atoms with Crippen LogP contribution in [-0.2, 0) is 0 Å². The summed E-state index contributed by atoms with van der Waals surface area (Å²) in [7, 11) is 0. The molecule has 0 unspecified atom stereocenters. The van der Waals surface area contributed by atoms with Gasteiger partial charge in [0, 0.05) is 27.7 Å². The average molecular weight is 688 g/mol. The van der Waals surface area contributed by atoms with Crippen molar-refractivity contribution in [1.29, 1.82) is 0 Å². The Kier molecular flexibility index (Phi) is 6.90. The zero-order valence-corrected chi connectivity index (χ0v) is 29.4. The first-order valence-electron chi connectivity index (χ1n) is 18.5. The van der Waals surface area contributed by atoms with Gasteiger partial charge in [-0.3, -0.25) is 0 Å². The summed E-state index contributed by atoms with van der Waals surface area (Å²) in [5.74, 6) is 0. The van der Waals surface area contributed by atoms with Gasteiger partial charge in [-0.15, -0.1) is 0 Å². The minimum Gasteiger partial charge on any atom is -0.456 e. The smallest absolute Gasteiger partial charge is 0.135 e. The maximum Gasteiger partial charge on any atom is 0.135 e. The molecule has 1 heterocycles. The summed E-state index contributed by atoms with van der Waals surface area (Å²) >= 11 is 0. The highest BCUT2D eigenvalue weighted by Crippen LogP contribution is 2.48. The highest BCUT2D eigenvalue weighted by Gasteiger charge is 2.22. The van der Waals surface area contributed by atoms with Crippen LogP contribution < -0.4 is 4.90 Å². The van der Waals surface area contributed by atoms with Crippen LogP contribution in [0.4, 0.5) is 17.1 Å². The van der Waals surface area contributed by atoms with E-state index in [2.05, 4.69) is 193 Å². The van der Waals surface area contributed by atoms with Crippen LogP contribution in [0, 0.1) is 0 Å². The summed E-state index contributed by atoms with van der Waals surface area (Å²) in [5.41, 5.74) is 9.72. The summed E-state index contributed by atoms with van der Waals surface area (Å²) < 4.78 is 6.32. The Morgan fingerprint density at radius 1 is 0.315 bits per heavy atom. The molecular weight excluding hydrogens is 655 g/mol. The van der Waals surface area contributed by atoms with E-state index in [9.17, 15) is 0 Å². The molecule has 0 radical (unpaired) electrons. The lowest BCUT2D eigenvalue weighted by Gasteiger charge is -2.30. The zero-order chi connectivity index (χ0) is 35.6. The molecule has 2 nitrogen and oxygen atoms in total. The number of para-hydroxylation sites is 1. The first-order chi connectivity index (χ1) is 26.7. The molecule has 0 aliphatic heterocycles.